The molecule has 292 valence electrons. The van der Waals surface area contributed by atoms with Crippen molar-refractivity contribution in [2.75, 3.05) is 4.90 Å². The first kappa shape index (κ1) is 26.9. The molecule has 12 aromatic rings. The molecule has 2 aromatic heterocycles. The zero-order valence-electron chi connectivity index (χ0n) is 43.0. The quantitative estimate of drug-likeness (QED) is 0.143. The van der Waals surface area contributed by atoms with Gasteiger partial charge in [-0.25, -0.2) is 0 Å². The third kappa shape index (κ3) is 6.14. The minimum absolute atomic E-state index is 0.0601. The number of para-hydroxylation sites is 3. The van der Waals surface area contributed by atoms with Crippen LogP contribution in [0.25, 0.3) is 76.9 Å². The van der Waals surface area contributed by atoms with Crippen molar-refractivity contribution in [1.29, 1.82) is 0 Å². The summed E-state index contributed by atoms with van der Waals surface area (Å²) in [5.41, 5.74) is 7.76. The maximum Gasteiger partial charge on any atom is 0.137 e. The molecule has 0 radical (unpaired) electrons. The lowest BCUT2D eigenvalue weighted by atomic mass is 9.80. The summed E-state index contributed by atoms with van der Waals surface area (Å²) in [6.07, 6.45) is 0. The fraction of sp³-hybridized carbons (Fsp3) is 0.0169. The van der Waals surface area contributed by atoms with Gasteiger partial charge in [-0.1, -0.05) is 158 Å². The van der Waals surface area contributed by atoms with Crippen LogP contribution in [-0.2, 0) is 0 Å². The van der Waals surface area contributed by atoms with Crippen molar-refractivity contribution in [1.82, 2.24) is 0 Å². The van der Waals surface area contributed by atoms with E-state index in [-0.39, 0.29) is 23.3 Å². The fourth-order valence-corrected chi connectivity index (χ4v) is 8.92. The molecular weight excluding hydrogens is 755 g/mol. The molecule has 0 aliphatic heterocycles. The van der Waals surface area contributed by atoms with Crippen LogP contribution in [0.3, 0.4) is 0 Å². The predicted molar refractivity (Wildman–Crippen MR) is 258 cm³/mol. The Morgan fingerprint density at radius 1 is 0.387 bits per heavy atom. The molecule has 1 atom stereocenters. The Bertz CT molecular complexity index is 3860. The van der Waals surface area contributed by atoms with E-state index in [0.717, 1.165) is 38.1 Å². The topological polar surface area (TPSA) is 29.5 Å². The zero-order valence-corrected chi connectivity index (χ0v) is 33.0. The van der Waals surface area contributed by atoms with Gasteiger partial charge in [-0.15, -0.1) is 0 Å². The number of benzene rings is 10. The van der Waals surface area contributed by atoms with Crippen LogP contribution in [-0.4, -0.2) is 0 Å². The van der Waals surface area contributed by atoms with E-state index >= 15 is 0 Å². The van der Waals surface area contributed by atoms with Crippen molar-refractivity contribution in [2.24, 2.45) is 0 Å². The van der Waals surface area contributed by atoms with Crippen molar-refractivity contribution < 1.29 is 22.5 Å². The summed E-state index contributed by atoms with van der Waals surface area (Å²) >= 11 is 0. The van der Waals surface area contributed by atoms with E-state index in [4.69, 9.17) is 17.1 Å². The molecule has 0 amide bonds. The molecule has 0 saturated carbocycles. The van der Waals surface area contributed by atoms with Crippen molar-refractivity contribution in [2.45, 2.75) is 5.92 Å². The number of hydrogen-bond donors (Lipinski definition) is 0. The standard InChI is InChI=1S/C59H39NO2/c1-5-17-39(18-6-1)51-33-44-36-54(60(45-23-11-4-12-24-45)46-30-32-50-48-26-14-16-28-56(48)62-58(50)38-46)52(40-19-7-2-8-20-40)34-43(44)35-53(51)59(41-21-9-3-10-22-41)42-29-31-49-47-25-13-15-27-55(47)61-57(49)37-42/h1-38,59H/i3D,4D,9D,10D,11D,12D,21D,22D,23D,24D. The number of furan rings is 2. The van der Waals surface area contributed by atoms with E-state index in [9.17, 15) is 5.48 Å². The number of fused-ring (bicyclic) bond motifs is 7. The van der Waals surface area contributed by atoms with E-state index in [1.54, 1.807) is 4.90 Å². The number of hydrogen-bond acceptors (Lipinski definition) is 3. The average molecular weight is 804 g/mol. The van der Waals surface area contributed by atoms with Gasteiger partial charge in [-0.3, -0.25) is 0 Å². The molecule has 3 nitrogen and oxygen atoms in total. The molecule has 12 rings (SSSR count). The van der Waals surface area contributed by atoms with Gasteiger partial charge in [-0.2, -0.15) is 0 Å². The second-order valence-electron chi connectivity index (χ2n) is 15.3. The number of anilines is 3. The molecule has 0 fully saturated rings. The Labute approximate surface area is 373 Å². The molecule has 0 bridgehead atoms. The highest BCUT2D eigenvalue weighted by atomic mass is 16.3. The molecule has 0 aliphatic carbocycles. The Morgan fingerprint density at radius 2 is 0.919 bits per heavy atom. The van der Waals surface area contributed by atoms with Crippen LogP contribution in [0.1, 0.15) is 36.3 Å². The summed E-state index contributed by atoms with van der Waals surface area (Å²) in [7, 11) is 0. The lowest BCUT2D eigenvalue weighted by Crippen LogP contribution is -2.11. The molecule has 62 heavy (non-hydrogen) atoms. The highest BCUT2D eigenvalue weighted by Crippen LogP contribution is 2.47. The van der Waals surface area contributed by atoms with Gasteiger partial charge in [0.1, 0.15) is 22.3 Å². The highest BCUT2D eigenvalue weighted by molar-refractivity contribution is 6.08. The van der Waals surface area contributed by atoms with Crippen LogP contribution >= 0.6 is 0 Å². The smallest absolute Gasteiger partial charge is 0.137 e. The van der Waals surface area contributed by atoms with E-state index < -0.39 is 54.3 Å². The Hall–Kier alpha value is -8.14. The first-order valence-corrected chi connectivity index (χ1v) is 20.4. The summed E-state index contributed by atoms with van der Waals surface area (Å²) in [6.45, 7) is 0. The lowest BCUT2D eigenvalue weighted by Gasteiger charge is -2.29. The van der Waals surface area contributed by atoms with Gasteiger partial charge in [0, 0.05) is 50.5 Å². The maximum absolute atomic E-state index is 9.42. The molecule has 1 unspecified atom stereocenters. The number of rotatable bonds is 8. The minimum atomic E-state index is -0.922. The highest BCUT2D eigenvalue weighted by Gasteiger charge is 2.25. The Balaban J connectivity index is 1.19. The van der Waals surface area contributed by atoms with Crippen molar-refractivity contribution in [3.05, 3.63) is 247 Å². The van der Waals surface area contributed by atoms with Gasteiger partial charge in [0.25, 0.3) is 0 Å². The van der Waals surface area contributed by atoms with Gasteiger partial charge < -0.3 is 13.7 Å². The van der Waals surface area contributed by atoms with E-state index in [1.807, 2.05) is 170 Å². The van der Waals surface area contributed by atoms with Crippen molar-refractivity contribution >= 4 is 71.7 Å². The monoisotopic (exact) mass is 803 g/mol. The van der Waals surface area contributed by atoms with Gasteiger partial charge in [0.05, 0.1) is 19.4 Å². The van der Waals surface area contributed by atoms with E-state index in [1.165, 1.54) is 0 Å². The molecular formula is C59H39NO2. The third-order valence-electron chi connectivity index (χ3n) is 11.7. The van der Waals surface area contributed by atoms with Gasteiger partial charge >= 0.3 is 0 Å². The molecule has 2 heterocycles. The van der Waals surface area contributed by atoms with Crippen molar-refractivity contribution in [3.8, 4) is 22.3 Å². The van der Waals surface area contributed by atoms with Crippen LogP contribution in [0, 0.1) is 0 Å². The van der Waals surface area contributed by atoms with E-state index in [0.29, 0.717) is 61.3 Å². The summed E-state index contributed by atoms with van der Waals surface area (Å²) in [6, 6.07) is 49.8. The molecule has 0 aliphatic rings. The average Bonchev–Trinajstić information content (AvgIpc) is 3.98. The minimum Gasteiger partial charge on any atom is -0.456 e. The lowest BCUT2D eigenvalue weighted by molar-refractivity contribution is 0.668. The second kappa shape index (κ2) is 14.8. The summed E-state index contributed by atoms with van der Waals surface area (Å²) in [4.78, 5) is 1.71. The summed E-state index contributed by atoms with van der Waals surface area (Å²) < 4.78 is 103. The fourth-order valence-electron chi connectivity index (χ4n) is 8.92. The second-order valence-corrected chi connectivity index (χ2v) is 15.3. The molecule has 0 spiro atoms. The summed E-state index contributed by atoms with van der Waals surface area (Å²) in [5, 5.41) is 5.00. The van der Waals surface area contributed by atoms with Crippen LogP contribution < -0.4 is 4.90 Å². The first-order valence-electron chi connectivity index (χ1n) is 25.4. The Kier molecular flexibility index (Phi) is 6.43. The predicted octanol–water partition coefficient (Wildman–Crippen LogP) is 16.6. The van der Waals surface area contributed by atoms with Crippen LogP contribution in [0.4, 0.5) is 17.1 Å². The number of nitrogens with zero attached hydrogens (tertiary/aromatic N) is 1. The van der Waals surface area contributed by atoms with Crippen LogP contribution in [0.15, 0.2) is 239 Å². The normalized spacial score (nSPS) is 14.4. The summed E-state index contributed by atoms with van der Waals surface area (Å²) in [5.74, 6) is -0.922. The first-order chi connectivity index (χ1) is 34.9. The largest absolute Gasteiger partial charge is 0.456 e. The van der Waals surface area contributed by atoms with Gasteiger partial charge in [0.2, 0.25) is 0 Å². The Morgan fingerprint density at radius 3 is 1.60 bits per heavy atom. The third-order valence-corrected chi connectivity index (χ3v) is 11.7. The zero-order chi connectivity index (χ0) is 49.7. The molecule has 10 aromatic carbocycles. The molecule has 0 saturated heterocycles. The van der Waals surface area contributed by atoms with Gasteiger partial charge in [-0.05, 0) is 111 Å². The van der Waals surface area contributed by atoms with Crippen molar-refractivity contribution in [3.63, 3.8) is 0 Å². The van der Waals surface area contributed by atoms with Gasteiger partial charge in [0.15, 0.2) is 0 Å². The van der Waals surface area contributed by atoms with E-state index in [2.05, 4.69) is 0 Å². The maximum atomic E-state index is 9.42. The SMILES string of the molecule is [2H]c1c([2H])c([2H])c(C(c2ccc3c(c2)oc2ccccc23)c2cc3cc(-c4ccccc4)c(N(c4ccc5c(c4)oc4ccccc45)c4c([2H])c([2H])c([2H])c([2H])c4[2H])cc3cc2-c2ccccc2)c([2H])c1[2H]. The van der Waals surface area contributed by atoms with Crippen LogP contribution in [0.2, 0.25) is 0 Å². The van der Waals surface area contributed by atoms with Crippen LogP contribution in [0.5, 0.6) is 0 Å². The molecule has 0 N–H and O–H groups in total. The molecule has 3 heteroatoms.